The van der Waals surface area contributed by atoms with Gasteiger partial charge in [0.1, 0.15) is 0 Å². The molecule has 0 aromatic heterocycles. The highest BCUT2D eigenvalue weighted by atomic mass is 15.1. The van der Waals surface area contributed by atoms with Crippen molar-refractivity contribution in [3.63, 3.8) is 0 Å². The van der Waals surface area contributed by atoms with Gasteiger partial charge in [0.2, 0.25) is 0 Å². The second-order valence-electron chi connectivity index (χ2n) is 2.43. The maximum Gasteiger partial charge on any atom is 0.0403 e. The van der Waals surface area contributed by atoms with Crippen molar-refractivity contribution in [1.29, 1.82) is 0 Å². The Hall–Kier alpha value is -1.24. The number of hydrogen-bond acceptors (Lipinski definition) is 1. The molecule has 0 amide bonds. The van der Waals surface area contributed by atoms with Gasteiger partial charge < -0.3 is 4.90 Å². The molecule has 0 unspecified atom stereocenters. The summed E-state index contributed by atoms with van der Waals surface area (Å²) in [4.78, 5) is 2.08. The van der Waals surface area contributed by atoms with Crippen LogP contribution in [0, 0.1) is 0 Å². The Kier molecular flexibility index (Phi) is 2.73. The number of rotatable bonds is 2. The van der Waals surface area contributed by atoms with Gasteiger partial charge in [-0.05, 0) is 25.3 Å². The van der Waals surface area contributed by atoms with Gasteiger partial charge in [0.05, 0.1) is 0 Å². The molecule has 58 valence electrons. The maximum atomic E-state index is 2.08. The Balaban J connectivity index is 2.76. The largest absolute Gasteiger partial charge is 0.351 e. The van der Waals surface area contributed by atoms with Crippen molar-refractivity contribution in [3.05, 3.63) is 42.6 Å². The quantitative estimate of drug-likeness (QED) is 0.621. The zero-order valence-corrected chi connectivity index (χ0v) is 6.99. The first-order chi connectivity index (χ1) is 5.34. The molecular formula is C10H13N. The molecule has 0 aliphatic heterocycles. The summed E-state index contributed by atoms with van der Waals surface area (Å²) >= 11 is 0. The van der Waals surface area contributed by atoms with Gasteiger partial charge in [0.15, 0.2) is 0 Å². The molecule has 0 spiro atoms. The molecule has 1 aromatic carbocycles. The third-order valence-corrected chi connectivity index (χ3v) is 1.54. The number of benzene rings is 1. The van der Waals surface area contributed by atoms with Crippen molar-refractivity contribution in [2.45, 2.75) is 6.92 Å². The molecule has 0 saturated heterocycles. The molecule has 0 atom stereocenters. The molecule has 11 heavy (non-hydrogen) atoms. The molecule has 1 nitrogen and oxygen atoms in total. The van der Waals surface area contributed by atoms with E-state index in [0.717, 1.165) is 0 Å². The summed E-state index contributed by atoms with van der Waals surface area (Å²) in [5.41, 5.74) is 1.21. The second-order valence-corrected chi connectivity index (χ2v) is 2.43. The topological polar surface area (TPSA) is 3.24 Å². The number of anilines is 1. The van der Waals surface area contributed by atoms with Crippen molar-refractivity contribution in [2.75, 3.05) is 11.9 Å². The minimum atomic E-state index is 1.21. The molecule has 0 bridgehead atoms. The summed E-state index contributed by atoms with van der Waals surface area (Å²) in [7, 11) is 2.04. The zero-order valence-electron chi connectivity index (χ0n) is 6.99. The fraction of sp³-hybridized carbons (Fsp3) is 0.200. The van der Waals surface area contributed by atoms with Crippen LogP contribution in [0.3, 0.4) is 0 Å². The van der Waals surface area contributed by atoms with Crippen molar-refractivity contribution < 1.29 is 0 Å². The number of hydrogen-bond donors (Lipinski definition) is 0. The lowest BCUT2D eigenvalue weighted by molar-refractivity contribution is 1.20. The first kappa shape index (κ1) is 7.86. The highest BCUT2D eigenvalue weighted by Gasteiger charge is 1.91. The Morgan fingerprint density at radius 1 is 1.18 bits per heavy atom. The molecule has 0 fully saturated rings. The Labute approximate surface area is 68.0 Å². The van der Waals surface area contributed by atoms with Gasteiger partial charge in [-0.1, -0.05) is 24.3 Å². The van der Waals surface area contributed by atoms with Crippen molar-refractivity contribution in [3.8, 4) is 0 Å². The van der Waals surface area contributed by atoms with Crippen LogP contribution < -0.4 is 4.90 Å². The molecule has 0 saturated carbocycles. The van der Waals surface area contributed by atoms with Gasteiger partial charge in [-0.2, -0.15) is 0 Å². The van der Waals surface area contributed by atoms with Crippen LogP contribution in [0.1, 0.15) is 6.92 Å². The van der Waals surface area contributed by atoms with Crippen LogP contribution in [-0.4, -0.2) is 7.05 Å². The lowest BCUT2D eigenvalue weighted by Crippen LogP contribution is -2.06. The van der Waals surface area contributed by atoms with Crippen LogP contribution in [0.5, 0.6) is 0 Å². The number of para-hydroxylation sites is 1. The summed E-state index contributed by atoms with van der Waals surface area (Å²) in [5, 5.41) is 0. The van der Waals surface area contributed by atoms with Crippen molar-refractivity contribution >= 4 is 5.69 Å². The molecule has 0 N–H and O–H groups in total. The Morgan fingerprint density at radius 3 is 2.36 bits per heavy atom. The van der Waals surface area contributed by atoms with E-state index in [0.29, 0.717) is 0 Å². The van der Waals surface area contributed by atoms with Gasteiger partial charge >= 0.3 is 0 Å². The van der Waals surface area contributed by atoms with Crippen LogP contribution >= 0.6 is 0 Å². The minimum absolute atomic E-state index is 1.21. The fourth-order valence-corrected chi connectivity index (χ4v) is 0.973. The molecule has 0 radical (unpaired) electrons. The van der Waals surface area contributed by atoms with E-state index in [1.165, 1.54) is 5.69 Å². The van der Waals surface area contributed by atoms with Gasteiger partial charge in [-0.25, -0.2) is 0 Å². The van der Waals surface area contributed by atoms with E-state index in [1.54, 1.807) is 0 Å². The molecule has 0 heterocycles. The molecule has 1 heteroatoms. The predicted molar refractivity (Wildman–Crippen MR) is 49.7 cm³/mol. The molecule has 0 aliphatic rings. The molecule has 1 aromatic rings. The van der Waals surface area contributed by atoms with Crippen molar-refractivity contribution in [2.24, 2.45) is 0 Å². The number of nitrogens with zero attached hydrogens (tertiary/aromatic N) is 1. The van der Waals surface area contributed by atoms with Crippen LogP contribution in [0.25, 0.3) is 0 Å². The van der Waals surface area contributed by atoms with E-state index in [2.05, 4.69) is 17.0 Å². The first-order valence-corrected chi connectivity index (χ1v) is 3.75. The van der Waals surface area contributed by atoms with Gasteiger partial charge in [-0.3, -0.25) is 0 Å². The molecule has 1 rings (SSSR count). The summed E-state index contributed by atoms with van der Waals surface area (Å²) in [6, 6.07) is 10.3. The van der Waals surface area contributed by atoms with Gasteiger partial charge in [-0.15, -0.1) is 0 Å². The molecule has 0 aliphatic carbocycles. The second kappa shape index (κ2) is 3.81. The lowest BCUT2D eigenvalue weighted by atomic mass is 10.3. The third kappa shape index (κ3) is 2.11. The summed E-state index contributed by atoms with van der Waals surface area (Å²) in [5.74, 6) is 0. The normalized spacial score (nSPS) is 10.4. The van der Waals surface area contributed by atoms with Crippen LogP contribution in [0.2, 0.25) is 0 Å². The van der Waals surface area contributed by atoms with Crippen LogP contribution in [0.15, 0.2) is 42.6 Å². The van der Waals surface area contributed by atoms with Crippen molar-refractivity contribution in [1.82, 2.24) is 0 Å². The van der Waals surface area contributed by atoms with Crippen LogP contribution in [-0.2, 0) is 0 Å². The van der Waals surface area contributed by atoms with Gasteiger partial charge in [0, 0.05) is 12.7 Å². The average molecular weight is 147 g/mol. The van der Waals surface area contributed by atoms with E-state index in [4.69, 9.17) is 0 Å². The monoisotopic (exact) mass is 147 g/mol. The average Bonchev–Trinajstić information content (AvgIpc) is 2.07. The van der Waals surface area contributed by atoms with Gasteiger partial charge in [0.25, 0.3) is 0 Å². The minimum Gasteiger partial charge on any atom is -0.351 e. The molecular weight excluding hydrogens is 134 g/mol. The van der Waals surface area contributed by atoms with Crippen LogP contribution in [0.4, 0.5) is 5.69 Å². The van der Waals surface area contributed by atoms with E-state index in [9.17, 15) is 0 Å². The Bertz CT molecular complexity index is 226. The standard InChI is InChI=1S/C10H13N/c1-3-9-11(2)10-7-5-4-6-8-10/h3-9H,1-2H3/b9-3+. The van der Waals surface area contributed by atoms with E-state index >= 15 is 0 Å². The first-order valence-electron chi connectivity index (χ1n) is 3.75. The highest BCUT2D eigenvalue weighted by molar-refractivity contribution is 5.47. The fourth-order valence-electron chi connectivity index (χ4n) is 0.973. The van der Waals surface area contributed by atoms with E-state index in [1.807, 2.05) is 44.4 Å². The summed E-state index contributed by atoms with van der Waals surface area (Å²) in [6.07, 6.45) is 4.06. The van der Waals surface area contributed by atoms with E-state index in [-0.39, 0.29) is 0 Å². The lowest BCUT2D eigenvalue weighted by Gasteiger charge is -2.12. The Morgan fingerprint density at radius 2 is 1.82 bits per heavy atom. The summed E-state index contributed by atoms with van der Waals surface area (Å²) in [6.45, 7) is 2.01. The maximum absolute atomic E-state index is 2.08. The number of allylic oxidation sites excluding steroid dienone is 1. The van der Waals surface area contributed by atoms with E-state index < -0.39 is 0 Å². The smallest absolute Gasteiger partial charge is 0.0403 e. The predicted octanol–water partition coefficient (Wildman–Crippen LogP) is 2.66. The SMILES string of the molecule is C/C=C/N(C)c1ccccc1. The summed E-state index contributed by atoms with van der Waals surface area (Å²) < 4.78 is 0. The third-order valence-electron chi connectivity index (χ3n) is 1.54. The zero-order chi connectivity index (χ0) is 8.10. The highest BCUT2D eigenvalue weighted by Crippen LogP contribution is 2.10.